The summed E-state index contributed by atoms with van der Waals surface area (Å²) >= 11 is 0. The molecule has 3 atom stereocenters. The van der Waals surface area contributed by atoms with Crippen LogP contribution in [0.4, 0.5) is 11.6 Å². The van der Waals surface area contributed by atoms with Gasteiger partial charge in [-0.2, -0.15) is 9.97 Å². The molecule has 0 radical (unpaired) electrons. The molecule has 0 aliphatic carbocycles. The summed E-state index contributed by atoms with van der Waals surface area (Å²) in [5, 5.41) is 13.4. The molecule has 0 unspecified atom stereocenters. The van der Waals surface area contributed by atoms with E-state index in [-0.39, 0.29) is 37.2 Å². The fourth-order valence-electron chi connectivity index (χ4n) is 4.02. The van der Waals surface area contributed by atoms with Crippen LogP contribution in [-0.2, 0) is 35.0 Å². The molecular formula is C24H26N6O9. The van der Waals surface area contributed by atoms with Gasteiger partial charge < -0.3 is 18.9 Å². The molecule has 39 heavy (non-hydrogen) atoms. The van der Waals surface area contributed by atoms with Gasteiger partial charge in [-0.3, -0.25) is 34.4 Å². The molecule has 1 aromatic carbocycles. The molecule has 1 aliphatic heterocycles. The Labute approximate surface area is 221 Å². The van der Waals surface area contributed by atoms with Gasteiger partial charge in [-0.05, 0) is 5.56 Å². The summed E-state index contributed by atoms with van der Waals surface area (Å²) in [6.07, 6.45) is 0.0322. The average molecular weight is 543 g/mol. The smallest absolute Gasteiger partial charge is 0.303 e. The molecule has 1 saturated heterocycles. The van der Waals surface area contributed by atoms with Crippen molar-refractivity contribution in [3.63, 3.8) is 0 Å². The van der Waals surface area contributed by atoms with E-state index in [0.29, 0.717) is 17.6 Å². The van der Waals surface area contributed by atoms with Crippen LogP contribution in [0.15, 0.2) is 30.6 Å². The van der Waals surface area contributed by atoms with Gasteiger partial charge in [0.15, 0.2) is 11.2 Å². The van der Waals surface area contributed by atoms with Gasteiger partial charge in [-0.1, -0.05) is 12.1 Å². The number of amides is 1. The number of nitrogens with zero attached hydrogens (tertiary/aromatic N) is 5. The van der Waals surface area contributed by atoms with E-state index in [9.17, 15) is 24.5 Å². The van der Waals surface area contributed by atoms with E-state index >= 15 is 0 Å². The monoisotopic (exact) mass is 542 g/mol. The van der Waals surface area contributed by atoms with E-state index in [2.05, 4.69) is 20.3 Å². The Morgan fingerprint density at radius 1 is 1.15 bits per heavy atom. The Morgan fingerprint density at radius 2 is 1.90 bits per heavy atom. The number of imidazole rings is 1. The maximum atomic E-state index is 11.7. The molecule has 1 fully saturated rings. The average Bonchev–Trinajstić information content (AvgIpc) is 3.46. The summed E-state index contributed by atoms with van der Waals surface area (Å²) in [4.78, 5) is 58.1. The lowest BCUT2D eigenvalue weighted by Crippen LogP contribution is -2.31. The third kappa shape index (κ3) is 6.81. The Kier molecular flexibility index (Phi) is 8.29. The molecule has 3 aromatic rings. The molecular weight excluding hydrogens is 516 g/mol. The highest BCUT2D eigenvalue weighted by molar-refractivity contribution is 5.88. The predicted molar refractivity (Wildman–Crippen MR) is 133 cm³/mol. The molecule has 0 saturated carbocycles. The fourth-order valence-corrected chi connectivity index (χ4v) is 4.02. The van der Waals surface area contributed by atoms with Crippen LogP contribution >= 0.6 is 0 Å². The van der Waals surface area contributed by atoms with Crippen molar-refractivity contribution in [2.24, 2.45) is 0 Å². The number of ether oxygens (including phenoxy) is 4. The summed E-state index contributed by atoms with van der Waals surface area (Å²) < 4.78 is 23.9. The Bertz CT molecular complexity index is 1390. The van der Waals surface area contributed by atoms with Crippen LogP contribution in [0.2, 0.25) is 0 Å². The Morgan fingerprint density at radius 3 is 2.54 bits per heavy atom. The van der Waals surface area contributed by atoms with E-state index in [4.69, 9.17) is 18.9 Å². The SMILES string of the molecule is CC(=O)Nc1nc(OCCc2ccc([N+](=O)[O-])cc2)c2ncn([C@@H]3C[C@H](OC(C)=O)[C@@H](COC(C)=O)O3)c2n1. The van der Waals surface area contributed by atoms with Gasteiger partial charge in [0.2, 0.25) is 17.7 Å². The lowest BCUT2D eigenvalue weighted by Gasteiger charge is -2.17. The van der Waals surface area contributed by atoms with Crippen LogP contribution in [0.1, 0.15) is 39.0 Å². The predicted octanol–water partition coefficient (Wildman–Crippen LogP) is 2.10. The molecule has 0 spiro atoms. The van der Waals surface area contributed by atoms with E-state index in [0.717, 1.165) is 5.56 Å². The van der Waals surface area contributed by atoms with E-state index in [1.54, 1.807) is 16.7 Å². The van der Waals surface area contributed by atoms with Crippen molar-refractivity contribution < 1.29 is 38.3 Å². The quantitative estimate of drug-likeness (QED) is 0.224. The topological polar surface area (TPSA) is 187 Å². The first-order valence-electron chi connectivity index (χ1n) is 11.9. The number of benzene rings is 1. The van der Waals surface area contributed by atoms with Crippen molar-refractivity contribution in [1.29, 1.82) is 0 Å². The number of nitro benzene ring substituents is 1. The van der Waals surface area contributed by atoms with Crippen LogP contribution in [0, 0.1) is 10.1 Å². The van der Waals surface area contributed by atoms with Gasteiger partial charge >= 0.3 is 11.9 Å². The molecule has 1 amide bonds. The minimum Gasteiger partial charge on any atom is -0.476 e. The minimum atomic E-state index is -0.714. The second-order valence-corrected chi connectivity index (χ2v) is 8.69. The van der Waals surface area contributed by atoms with Crippen LogP contribution < -0.4 is 10.1 Å². The zero-order valence-corrected chi connectivity index (χ0v) is 21.4. The first-order valence-corrected chi connectivity index (χ1v) is 11.9. The number of hydrogen-bond acceptors (Lipinski definition) is 12. The third-order valence-electron chi connectivity index (χ3n) is 5.71. The third-order valence-corrected chi connectivity index (χ3v) is 5.71. The Balaban J connectivity index is 1.57. The first-order chi connectivity index (χ1) is 18.6. The number of nitro groups is 1. The fraction of sp³-hybridized carbons (Fsp3) is 0.417. The van der Waals surface area contributed by atoms with Crippen molar-refractivity contribution in [2.75, 3.05) is 18.5 Å². The number of anilines is 1. The molecule has 15 heteroatoms. The van der Waals surface area contributed by atoms with Crippen LogP contribution in [0.3, 0.4) is 0 Å². The van der Waals surface area contributed by atoms with Gasteiger partial charge in [-0.25, -0.2) is 4.98 Å². The normalized spacial score (nSPS) is 18.5. The maximum absolute atomic E-state index is 11.7. The Hall–Kier alpha value is -4.66. The molecule has 1 N–H and O–H groups in total. The highest BCUT2D eigenvalue weighted by atomic mass is 16.6. The molecule has 0 bridgehead atoms. The molecule has 2 aromatic heterocycles. The summed E-state index contributed by atoms with van der Waals surface area (Å²) in [5.41, 5.74) is 1.39. The van der Waals surface area contributed by atoms with Crippen LogP contribution in [0.25, 0.3) is 11.2 Å². The number of carbonyl (C=O) groups excluding carboxylic acids is 3. The van der Waals surface area contributed by atoms with Gasteiger partial charge in [0, 0.05) is 45.7 Å². The second-order valence-electron chi connectivity index (χ2n) is 8.69. The summed E-state index contributed by atoms with van der Waals surface area (Å²) in [5.74, 6) is -1.32. The highest BCUT2D eigenvalue weighted by Crippen LogP contribution is 2.34. The van der Waals surface area contributed by atoms with Crippen LogP contribution in [0.5, 0.6) is 5.88 Å². The van der Waals surface area contributed by atoms with Gasteiger partial charge in [0.05, 0.1) is 17.9 Å². The number of rotatable bonds is 10. The number of nitrogens with one attached hydrogen (secondary N) is 1. The van der Waals surface area contributed by atoms with Crippen molar-refractivity contribution in [3.8, 4) is 5.88 Å². The number of aromatic nitrogens is 4. The summed E-state index contributed by atoms with van der Waals surface area (Å²) in [6, 6.07) is 6.10. The molecule has 15 nitrogen and oxygen atoms in total. The van der Waals surface area contributed by atoms with E-state index in [1.807, 2.05) is 0 Å². The van der Waals surface area contributed by atoms with E-state index < -0.39 is 41.2 Å². The van der Waals surface area contributed by atoms with Crippen molar-refractivity contribution in [1.82, 2.24) is 19.5 Å². The molecule has 4 rings (SSSR count). The van der Waals surface area contributed by atoms with Crippen molar-refractivity contribution >= 4 is 40.6 Å². The van der Waals surface area contributed by atoms with Gasteiger partial charge in [-0.15, -0.1) is 0 Å². The molecule has 1 aliphatic rings. The zero-order chi connectivity index (χ0) is 28.1. The highest BCUT2D eigenvalue weighted by Gasteiger charge is 2.40. The first kappa shape index (κ1) is 27.4. The second kappa shape index (κ2) is 11.8. The molecule has 3 heterocycles. The number of carbonyl (C=O) groups is 3. The van der Waals surface area contributed by atoms with Crippen LogP contribution in [-0.4, -0.2) is 67.7 Å². The number of non-ortho nitro benzene ring substituents is 1. The van der Waals surface area contributed by atoms with E-state index in [1.165, 1.54) is 39.2 Å². The summed E-state index contributed by atoms with van der Waals surface area (Å²) in [6.45, 7) is 3.90. The lowest BCUT2D eigenvalue weighted by molar-refractivity contribution is -0.384. The summed E-state index contributed by atoms with van der Waals surface area (Å²) in [7, 11) is 0. The number of fused-ring (bicyclic) bond motifs is 1. The minimum absolute atomic E-state index is 0.0113. The molecule has 206 valence electrons. The van der Waals surface area contributed by atoms with Crippen molar-refractivity contribution in [2.45, 2.75) is 52.0 Å². The standard InChI is InChI=1S/C24H26N6O9/c1-13(31)26-24-27-22-21(23(28-24)36-9-8-16-4-6-17(7-5-16)30(34)35)25-12-29(22)20-10-18(38-15(3)33)19(39-20)11-37-14(2)32/h4-7,12,18-20H,8-11H2,1-3H3,(H,26,27,28,31)/t18-,19+,20-/m0/s1. The van der Waals surface area contributed by atoms with Gasteiger partial charge in [0.1, 0.15) is 25.0 Å². The largest absolute Gasteiger partial charge is 0.476 e. The number of hydrogen-bond donors (Lipinski definition) is 1. The number of esters is 2. The van der Waals surface area contributed by atoms with Crippen molar-refractivity contribution in [3.05, 3.63) is 46.3 Å². The zero-order valence-electron chi connectivity index (χ0n) is 21.4. The van der Waals surface area contributed by atoms with Gasteiger partial charge in [0.25, 0.3) is 5.69 Å². The lowest BCUT2D eigenvalue weighted by atomic mass is 10.1. The maximum Gasteiger partial charge on any atom is 0.303 e.